The van der Waals surface area contributed by atoms with Crippen molar-refractivity contribution in [2.24, 2.45) is 0 Å². The molecule has 1 N–H and O–H groups in total. The zero-order valence-corrected chi connectivity index (χ0v) is 8.86. The summed E-state index contributed by atoms with van der Waals surface area (Å²) in [7, 11) is 0. The summed E-state index contributed by atoms with van der Waals surface area (Å²) in [6.45, 7) is 4.09. The lowest BCUT2D eigenvalue weighted by atomic mass is 10.1. The Morgan fingerprint density at radius 3 is 2.80 bits per heavy atom. The van der Waals surface area contributed by atoms with Crippen LogP contribution in [-0.4, -0.2) is 18.0 Å². The van der Waals surface area contributed by atoms with Gasteiger partial charge in [-0.1, -0.05) is 18.2 Å². The van der Waals surface area contributed by atoms with Crippen molar-refractivity contribution in [3.8, 4) is 11.5 Å². The zero-order valence-electron chi connectivity index (χ0n) is 8.86. The first-order valence-electron chi connectivity index (χ1n) is 4.72. The molecule has 1 aromatic carbocycles. The maximum absolute atomic E-state index is 10.6. The van der Waals surface area contributed by atoms with Gasteiger partial charge in [-0.2, -0.15) is 0 Å². The van der Waals surface area contributed by atoms with E-state index >= 15 is 0 Å². The van der Waals surface area contributed by atoms with Gasteiger partial charge in [-0.05, 0) is 25.5 Å². The van der Waals surface area contributed by atoms with E-state index in [2.05, 4.69) is 0 Å². The predicted molar refractivity (Wildman–Crippen MR) is 58.5 cm³/mol. The first kappa shape index (κ1) is 11.3. The third-order valence-corrected chi connectivity index (χ3v) is 2.05. The molecule has 0 saturated carbocycles. The number of rotatable bonds is 4. The van der Waals surface area contributed by atoms with Gasteiger partial charge in [-0.25, -0.2) is 0 Å². The molecular formula is C12H14O3. The smallest absolute Gasteiger partial charge is 0.168 e. The largest absolute Gasteiger partial charge is 0.504 e. The summed E-state index contributed by atoms with van der Waals surface area (Å²) in [5, 5.41) is 9.69. The molecule has 15 heavy (non-hydrogen) atoms. The number of hydrogen-bond donors (Lipinski definition) is 1. The van der Waals surface area contributed by atoms with Crippen molar-refractivity contribution in [3.05, 3.63) is 35.4 Å². The van der Waals surface area contributed by atoms with Crippen LogP contribution in [0.1, 0.15) is 22.8 Å². The second-order valence-corrected chi connectivity index (χ2v) is 3.15. The first-order valence-corrected chi connectivity index (χ1v) is 4.72. The maximum Gasteiger partial charge on any atom is 0.168 e. The van der Waals surface area contributed by atoms with E-state index in [1.807, 2.05) is 26.0 Å². The molecule has 0 atom stereocenters. The molecule has 0 radical (unpaired) electrons. The summed E-state index contributed by atoms with van der Waals surface area (Å²) in [6, 6.07) is 3.31. The SMILES string of the molecule is CC=CCOc1c(C)ccc(C=O)c1O. The van der Waals surface area contributed by atoms with Crippen LogP contribution in [0.3, 0.4) is 0 Å². The molecule has 0 aliphatic heterocycles. The fraction of sp³-hybridized carbons (Fsp3) is 0.250. The molecular weight excluding hydrogens is 192 g/mol. The Morgan fingerprint density at radius 2 is 2.20 bits per heavy atom. The van der Waals surface area contributed by atoms with E-state index in [-0.39, 0.29) is 11.3 Å². The number of aromatic hydroxyl groups is 1. The molecule has 0 bridgehead atoms. The highest BCUT2D eigenvalue weighted by Crippen LogP contribution is 2.32. The summed E-state index contributed by atoms with van der Waals surface area (Å²) in [5.41, 5.74) is 1.05. The lowest BCUT2D eigenvalue weighted by molar-refractivity contribution is 0.112. The molecule has 1 rings (SSSR count). The highest BCUT2D eigenvalue weighted by Gasteiger charge is 2.10. The number of hydrogen-bond acceptors (Lipinski definition) is 3. The Kier molecular flexibility index (Phi) is 3.92. The van der Waals surface area contributed by atoms with Crippen LogP contribution in [0.5, 0.6) is 11.5 Å². The number of carbonyl (C=O) groups excluding carboxylic acids is 1. The van der Waals surface area contributed by atoms with E-state index in [4.69, 9.17) is 4.74 Å². The molecule has 80 valence electrons. The van der Waals surface area contributed by atoms with E-state index in [0.717, 1.165) is 5.56 Å². The van der Waals surface area contributed by atoms with Gasteiger partial charge in [0.15, 0.2) is 17.8 Å². The van der Waals surface area contributed by atoms with Crippen LogP contribution in [-0.2, 0) is 0 Å². The van der Waals surface area contributed by atoms with E-state index in [9.17, 15) is 9.90 Å². The molecule has 0 fully saturated rings. The molecule has 0 aliphatic rings. The normalized spacial score (nSPS) is 10.5. The number of carbonyl (C=O) groups is 1. The van der Waals surface area contributed by atoms with Crippen molar-refractivity contribution in [2.75, 3.05) is 6.61 Å². The van der Waals surface area contributed by atoms with Crippen molar-refractivity contribution < 1.29 is 14.6 Å². The Hall–Kier alpha value is -1.77. The number of benzene rings is 1. The fourth-order valence-corrected chi connectivity index (χ4v) is 1.19. The number of phenolic OH excluding ortho intramolecular Hbond substituents is 1. The Morgan fingerprint density at radius 1 is 1.47 bits per heavy atom. The summed E-state index contributed by atoms with van der Waals surface area (Å²) in [4.78, 5) is 10.6. The molecule has 3 heteroatoms. The molecule has 0 heterocycles. The van der Waals surface area contributed by atoms with E-state index in [1.54, 1.807) is 12.1 Å². The molecule has 0 unspecified atom stereocenters. The monoisotopic (exact) mass is 206 g/mol. The summed E-state index contributed by atoms with van der Waals surface area (Å²) >= 11 is 0. The Labute approximate surface area is 89.0 Å². The van der Waals surface area contributed by atoms with Crippen molar-refractivity contribution >= 4 is 6.29 Å². The first-order chi connectivity index (χ1) is 7.20. The third-order valence-electron chi connectivity index (χ3n) is 2.05. The van der Waals surface area contributed by atoms with Crippen LogP contribution in [0.4, 0.5) is 0 Å². The summed E-state index contributed by atoms with van der Waals surface area (Å²) in [6.07, 6.45) is 4.29. The van der Waals surface area contributed by atoms with Gasteiger partial charge in [-0.3, -0.25) is 4.79 Å². The van der Waals surface area contributed by atoms with Gasteiger partial charge in [0.05, 0.1) is 5.56 Å². The van der Waals surface area contributed by atoms with Gasteiger partial charge >= 0.3 is 0 Å². The molecule has 0 spiro atoms. The van der Waals surface area contributed by atoms with Crippen LogP contribution in [0.25, 0.3) is 0 Å². The second kappa shape index (κ2) is 5.20. The zero-order chi connectivity index (χ0) is 11.3. The van der Waals surface area contributed by atoms with Crippen LogP contribution in [0, 0.1) is 6.92 Å². The number of allylic oxidation sites excluding steroid dienone is 1. The lowest BCUT2D eigenvalue weighted by Crippen LogP contribution is -1.97. The highest BCUT2D eigenvalue weighted by molar-refractivity contribution is 5.81. The van der Waals surface area contributed by atoms with Gasteiger partial charge in [0.1, 0.15) is 6.61 Å². The highest BCUT2D eigenvalue weighted by atomic mass is 16.5. The van der Waals surface area contributed by atoms with E-state index in [0.29, 0.717) is 18.6 Å². The molecule has 3 nitrogen and oxygen atoms in total. The van der Waals surface area contributed by atoms with Gasteiger partial charge in [0.2, 0.25) is 0 Å². The number of aldehydes is 1. The van der Waals surface area contributed by atoms with Crippen molar-refractivity contribution in [1.29, 1.82) is 0 Å². The summed E-state index contributed by atoms with van der Waals surface area (Å²) in [5.74, 6) is 0.284. The van der Waals surface area contributed by atoms with Crippen LogP contribution in [0.15, 0.2) is 24.3 Å². The fourth-order valence-electron chi connectivity index (χ4n) is 1.19. The van der Waals surface area contributed by atoms with Crippen LogP contribution < -0.4 is 4.74 Å². The van der Waals surface area contributed by atoms with Gasteiger partial charge in [0, 0.05) is 0 Å². The maximum atomic E-state index is 10.6. The number of aryl methyl sites for hydroxylation is 1. The number of phenols is 1. The summed E-state index contributed by atoms with van der Waals surface area (Å²) < 4.78 is 5.35. The standard InChI is InChI=1S/C12H14O3/c1-3-4-7-15-12-9(2)5-6-10(8-13)11(12)14/h3-6,8,14H,7H2,1-2H3. The molecule has 0 aromatic heterocycles. The topological polar surface area (TPSA) is 46.5 Å². The third kappa shape index (κ3) is 2.59. The molecule has 0 saturated heterocycles. The van der Waals surface area contributed by atoms with Gasteiger partial charge in [-0.15, -0.1) is 0 Å². The Balaban J connectivity index is 2.98. The number of ether oxygens (including phenoxy) is 1. The second-order valence-electron chi connectivity index (χ2n) is 3.15. The Bertz CT molecular complexity index is 381. The molecule has 0 aliphatic carbocycles. The predicted octanol–water partition coefficient (Wildman–Crippen LogP) is 2.47. The van der Waals surface area contributed by atoms with Gasteiger partial charge < -0.3 is 9.84 Å². The van der Waals surface area contributed by atoms with Crippen LogP contribution in [0.2, 0.25) is 0 Å². The molecule has 1 aromatic rings. The van der Waals surface area contributed by atoms with Gasteiger partial charge in [0.25, 0.3) is 0 Å². The average molecular weight is 206 g/mol. The van der Waals surface area contributed by atoms with Crippen LogP contribution >= 0.6 is 0 Å². The minimum absolute atomic E-state index is 0.0884. The average Bonchev–Trinajstić information content (AvgIpc) is 2.23. The minimum Gasteiger partial charge on any atom is -0.504 e. The minimum atomic E-state index is -0.0884. The quantitative estimate of drug-likeness (QED) is 0.608. The van der Waals surface area contributed by atoms with Crippen molar-refractivity contribution in [3.63, 3.8) is 0 Å². The molecule has 0 amide bonds. The van der Waals surface area contributed by atoms with Crippen molar-refractivity contribution in [2.45, 2.75) is 13.8 Å². The van der Waals surface area contributed by atoms with Crippen molar-refractivity contribution in [1.82, 2.24) is 0 Å². The van der Waals surface area contributed by atoms with E-state index in [1.165, 1.54) is 0 Å². The lowest BCUT2D eigenvalue weighted by Gasteiger charge is -2.10. The van der Waals surface area contributed by atoms with E-state index < -0.39 is 0 Å².